The van der Waals surface area contributed by atoms with Gasteiger partial charge in [0.1, 0.15) is 5.69 Å². The van der Waals surface area contributed by atoms with E-state index >= 15 is 0 Å². The molecule has 106 valence electrons. The minimum absolute atomic E-state index is 0. The van der Waals surface area contributed by atoms with E-state index in [9.17, 15) is 4.79 Å². The highest BCUT2D eigenvalue weighted by Crippen LogP contribution is 2.37. The first kappa shape index (κ1) is 14.7. The largest absolute Gasteiger partial charge is 0.345 e. The highest BCUT2D eigenvalue weighted by molar-refractivity contribution is 6.31. The Bertz CT molecular complexity index is 488. The number of amides is 1. The lowest BCUT2D eigenvalue weighted by Gasteiger charge is -2.18. The van der Waals surface area contributed by atoms with Crippen molar-refractivity contribution in [1.82, 2.24) is 9.47 Å². The Morgan fingerprint density at radius 1 is 1.42 bits per heavy atom. The predicted molar refractivity (Wildman–Crippen MR) is 77.8 cm³/mol. The van der Waals surface area contributed by atoms with Crippen molar-refractivity contribution in [2.24, 2.45) is 24.6 Å². The highest BCUT2D eigenvalue weighted by Gasteiger charge is 2.42. The fourth-order valence-corrected chi connectivity index (χ4v) is 3.62. The molecule has 1 aromatic rings. The third-order valence-corrected chi connectivity index (χ3v) is 4.60. The molecule has 0 bridgehead atoms. The van der Waals surface area contributed by atoms with Crippen LogP contribution in [0.4, 0.5) is 0 Å². The third kappa shape index (κ3) is 2.49. The molecule has 4 nitrogen and oxygen atoms in total. The van der Waals surface area contributed by atoms with Crippen LogP contribution < -0.4 is 5.73 Å². The summed E-state index contributed by atoms with van der Waals surface area (Å²) in [6.07, 6.45) is 4.02. The topological polar surface area (TPSA) is 51.3 Å². The van der Waals surface area contributed by atoms with E-state index in [1.807, 2.05) is 11.9 Å². The van der Waals surface area contributed by atoms with Crippen LogP contribution in [-0.4, -0.2) is 34.5 Å². The molecule has 19 heavy (non-hydrogen) atoms. The molecule has 1 saturated carbocycles. The molecule has 1 aromatic heterocycles. The predicted octanol–water partition coefficient (Wildman–Crippen LogP) is 1.91. The van der Waals surface area contributed by atoms with Crippen LogP contribution in [0, 0.1) is 11.8 Å². The smallest absolute Gasteiger partial charge is 0.270 e. The summed E-state index contributed by atoms with van der Waals surface area (Å²) in [5.74, 6) is 1.16. The van der Waals surface area contributed by atoms with Gasteiger partial charge >= 0.3 is 0 Å². The minimum Gasteiger partial charge on any atom is -0.345 e. The van der Waals surface area contributed by atoms with Gasteiger partial charge in [-0.1, -0.05) is 11.6 Å². The average Bonchev–Trinajstić information content (AvgIpc) is 2.96. The number of aromatic nitrogens is 1. The second-order valence-corrected chi connectivity index (χ2v) is 5.97. The van der Waals surface area contributed by atoms with E-state index in [0.717, 1.165) is 25.9 Å². The average molecular weight is 304 g/mol. The molecule has 1 aliphatic carbocycles. The molecule has 1 amide bonds. The highest BCUT2D eigenvalue weighted by atomic mass is 35.5. The van der Waals surface area contributed by atoms with E-state index in [1.54, 1.807) is 16.8 Å². The zero-order chi connectivity index (χ0) is 12.9. The van der Waals surface area contributed by atoms with Gasteiger partial charge in [0.05, 0.1) is 5.02 Å². The summed E-state index contributed by atoms with van der Waals surface area (Å²) >= 11 is 5.92. The van der Waals surface area contributed by atoms with Crippen LogP contribution in [0.1, 0.15) is 23.3 Å². The lowest BCUT2D eigenvalue weighted by Crippen LogP contribution is -2.34. The number of aryl methyl sites for hydroxylation is 1. The van der Waals surface area contributed by atoms with E-state index in [2.05, 4.69) is 0 Å². The molecule has 0 radical (unpaired) electrons. The van der Waals surface area contributed by atoms with E-state index in [4.69, 9.17) is 17.3 Å². The number of rotatable bonds is 1. The normalized spacial score (nSPS) is 29.2. The van der Waals surface area contributed by atoms with Crippen molar-refractivity contribution >= 4 is 29.9 Å². The van der Waals surface area contributed by atoms with Crippen LogP contribution in [0.3, 0.4) is 0 Å². The van der Waals surface area contributed by atoms with Crippen molar-refractivity contribution in [3.63, 3.8) is 0 Å². The molecule has 2 N–H and O–H groups in total. The van der Waals surface area contributed by atoms with Crippen LogP contribution in [-0.2, 0) is 7.05 Å². The zero-order valence-electron chi connectivity index (χ0n) is 10.9. The van der Waals surface area contributed by atoms with E-state index in [1.165, 1.54) is 0 Å². The van der Waals surface area contributed by atoms with E-state index < -0.39 is 0 Å². The molecule has 1 aliphatic heterocycles. The summed E-state index contributed by atoms with van der Waals surface area (Å²) in [4.78, 5) is 14.4. The Morgan fingerprint density at radius 2 is 2.16 bits per heavy atom. The minimum atomic E-state index is 0. The number of likely N-dealkylation sites (tertiary alicyclic amines) is 1. The molecular formula is C13H19Cl2N3O. The van der Waals surface area contributed by atoms with E-state index in [-0.39, 0.29) is 24.4 Å². The summed E-state index contributed by atoms with van der Waals surface area (Å²) in [7, 11) is 1.85. The maximum absolute atomic E-state index is 12.4. The molecule has 2 heterocycles. The quantitative estimate of drug-likeness (QED) is 0.861. The van der Waals surface area contributed by atoms with Gasteiger partial charge in [-0.3, -0.25) is 4.79 Å². The SMILES string of the molecule is Cl.Cn1cc(Cl)cc1C(=O)N1CC2CCC(N)C2C1. The summed E-state index contributed by atoms with van der Waals surface area (Å²) in [6, 6.07) is 2.00. The molecule has 2 aliphatic rings. The second kappa shape index (κ2) is 5.35. The van der Waals surface area contributed by atoms with Crippen molar-refractivity contribution in [3.8, 4) is 0 Å². The number of fused-ring (bicyclic) bond motifs is 1. The van der Waals surface area contributed by atoms with Gasteiger partial charge in [0, 0.05) is 32.4 Å². The number of nitrogens with zero attached hydrogens (tertiary/aromatic N) is 2. The first-order chi connectivity index (χ1) is 8.56. The van der Waals surface area contributed by atoms with Crippen LogP contribution in [0.25, 0.3) is 0 Å². The summed E-state index contributed by atoms with van der Waals surface area (Å²) in [5, 5.41) is 0.608. The van der Waals surface area contributed by atoms with Gasteiger partial charge in [-0.2, -0.15) is 0 Å². The molecule has 2 fully saturated rings. The molecule has 0 spiro atoms. The van der Waals surface area contributed by atoms with Gasteiger partial charge in [0.15, 0.2) is 0 Å². The third-order valence-electron chi connectivity index (χ3n) is 4.39. The lowest BCUT2D eigenvalue weighted by atomic mass is 9.98. The van der Waals surface area contributed by atoms with Crippen molar-refractivity contribution in [1.29, 1.82) is 0 Å². The maximum atomic E-state index is 12.4. The lowest BCUT2D eigenvalue weighted by molar-refractivity contribution is 0.0770. The number of carbonyl (C=O) groups is 1. The maximum Gasteiger partial charge on any atom is 0.270 e. The van der Waals surface area contributed by atoms with Gasteiger partial charge in [0.2, 0.25) is 0 Å². The van der Waals surface area contributed by atoms with Crippen LogP contribution >= 0.6 is 24.0 Å². The van der Waals surface area contributed by atoms with Crippen molar-refractivity contribution < 1.29 is 4.79 Å². The molecule has 3 rings (SSSR count). The van der Waals surface area contributed by atoms with E-state index in [0.29, 0.717) is 22.6 Å². The first-order valence-corrected chi connectivity index (χ1v) is 6.81. The monoisotopic (exact) mass is 303 g/mol. The molecule has 0 aromatic carbocycles. The molecule has 3 atom stereocenters. The van der Waals surface area contributed by atoms with Gasteiger partial charge < -0.3 is 15.2 Å². The molecule has 6 heteroatoms. The number of hydrogen-bond acceptors (Lipinski definition) is 2. The first-order valence-electron chi connectivity index (χ1n) is 6.43. The zero-order valence-corrected chi connectivity index (χ0v) is 12.5. The molecule has 3 unspecified atom stereocenters. The van der Waals surface area contributed by atoms with Gasteiger partial charge in [0.25, 0.3) is 5.91 Å². The summed E-state index contributed by atoms with van der Waals surface area (Å²) in [6.45, 7) is 1.65. The number of hydrogen-bond donors (Lipinski definition) is 1. The Labute approximate surface area is 124 Å². The standard InChI is InChI=1S/C13H18ClN3O.ClH/c1-16-6-9(14)4-12(16)13(18)17-5-8-2-3-11(15)10(8)7-17;/h4,6,8,10-11H,2-3,5,7,15H2,1H3;1H. The Morgan fingerprint density at radius 3 is 2.74 bits per heavy atom. The summed E-state index contributed by atoms with van der Waals surface area (Å²) in [5.41, 5.74) is 6.75. The molecule has 1 saturated heterocycles. The Hall–Kier alpha value is -0.710. The Kier molecular flexibility index (Phi) is 4.14. The van der Waals surface area contributed by atoms with Crippen LogP contribution in [0.5, 0.6) is 0 Å². The fourth-order valence-electron chi connectivity index (χ4n) is 3.37. The van der Waals surface area contributed by atoms with Gasteiger partial charge in [-0.05, 0) is 30.7 Å². The van der Waals surface area contributed by atoms with Crippen molar-refractivity contribution in [2.75, 3.05) is 13.1 Å². The van der Waals surface area contributed by atoms with Crippen molar-refractivity contribution in [3.05, 3.63) is 23.0 Å². The number of carbonyl (C=O) groups excluding carboxylic acids is 1. The van der Waals surface area contributed by atoms with Crippen molar-refractivity contribution in [2.45, 2.75) is 18.9 Å². The second-order valence-electron chi connectivity index (χ2n) is 5.53. The summed E-state index contributed by atoms with van der Waals surface area (Å²) < 4.78 is 1.79. The van der Waals surface area contributed by atoms with Crippen LogP contribution in [0.2, 0.25) is 5.02 Å². The van der Waals surface area contributed by atoms with Gasteiger partial charge in [-0.15, -0.1) is 12.4 Å². The number of halogens is 2. The van der Waals surface area contributed by atoms with Crippen LogP contribution in [0.15, 0.2) is 12.3 Å². The number of nitrogens with two attached hydrogens (primary N) is 1. The fraction of sp³-hybridized carbons (Fsp3) is 0.615. The van der Waals surface area contributed by atoms with Gasteiger partial charge in [-0.25, -0.2) is 0 Å². The Balaban J connectivity index is 0.00000133. The molecular weight excluding hydrogens is 285 g/mol.